The van der Waals surface area contributed by atoms with Crippen LogP contribution in [0.25, 0.3) is 11.4 Å². The highest BCUT2D eigenvalue weighted by Crippen LogP contribution is 2.31. The lowest BCUT2D eigenvalue weighted by molar-refractivity contribution is 0.322. The molecule has 2 aromatic heterocycles. The zero-order chi connectivity index (χ0) is 18.5. The molecular weight excluding hydrogens is 353 g/mol. The van der Waals surface area contributed by atoms with Gasteiger partial charge in [-0.15, -0.1) is 15.3 Å². The minimum atomic E-state index is -0.228. The third kappa shape index (κ3) is 3.90. The van der Waals surface area contributed by atoms with Crippen molar-refractivity contribution in [2.24, 2.45) is 0 Å². The molecule has 8 heteroatoms. The Morgan fingerprint density at radius 2 is 2.00 bits per heavy atom. The van der Waals surface area contributed by atoms with Gasteiger partial charge < -0.3 is 9.30 Å². The lowest BCUT2D eigenvalue weighted by Crippen LogP contribution is -2.01. The second kappa shape index (κ2) is 8.35. The van der Waals surface area contributed by atoms with Crippen LogP contribution in [0.4, 0.5) is 4.39 Å². The average molecular weight is 375 g/mol. The molecule has 0 aliphatic heterocycles. The average Bonchev–Trinajstić information content (AvgIpc) is 3.23. The Morgan fingerprint density at radius 3 is 2.69 bits per heavy atom. The Labute approximate surface area is 156 Å². The molecule has 0 amide bonds. The molecule has 1 aromatic carbocycles. The quantitative estimate of drug-likeness (QED) is 0.557. The summed E-state index contributed by atoms with van der Waals surface area (Å²) in [5, 5.41) is 13.9. The zero-order valence-corrected chi connectivity index (χ0v) is 16.0. The maximum absolute atomic E-state index is 13.4. The van der Waals surface area contributed by atoms with Gasteiger partial charge in [-0.3, -0.25) is 4.68 Å². The number of rotatable bonds is 8. The Bertz CT molecular complexity index is 876. The monoisotopic (exact) mass is 375 g/mol. The van der Waals surface area contributed by atoms with Crippen molar-refractivity contribution in [2.75, 3.05) is 6.61 Å². The van der Waals surface area contributed by atoms with E-state index in [9.17, 15) is 4.39 Å². The van der Waals surface area contributed by atoms with Crippen molar-refractivity contribution in [3.8, 4) is 17.3 Å². The normalized spacial score (nSPS) is 11.1. The fourth-order valence-electron chi connectivity index (χ4n) is 2.62. The van der Waals surface area contributed by atoms with E-state index >= 15 is 0 Å². The summed E-state index contributed by atoms with van der Waals surface area (Å²) >= 11 is 1.54. The van der Waals surface area contributed by atoms with Gasteiger partial charge >= 0.3 is 0 Å². The summed E-state index contributed by atoms with van der Waals surface area (Å²) in [7, 11) is 0. The van der Waals surface area contributed by atoms with E-state index in [1.807, 2.05) is 42.3 Å². The Hall–Kier alpha value is -2.35. The van der Waals surface area contributed by atoms with Crippen molar-refractivity contribution in [1.29, 1.82) is 0 Å². The molecule has 0 bridgehead atoms. The van der Waals surface area contributed by atoms with E-state index in [4.69, 9.17) is 4.74 Å². The van der Waals surface area contributed by atoms with Crippen LogP contribution in [0.2, 0.25) is 0 Å². The minimum Gasteiger partial charge on any atom is -0.476 e. The highest BCUT2D eigenvalue weighted by molar-refractivity contribution is 7.98. The van der Waals surface area contributed by atoms with Crippen molar-refractivity contribution >= 4 is 11.8 Å². The second-order valence-electron chi connectivity index (χ2n) is 5.61. The van der Waals surface area contributed by atoms with E-state index in [1.54, 1.807) is 12.1 Å². The van der Waals surface area contributed by atoms with Crippen molar-refractivity contribution in [1.82, 2.24) is 24.5 Å². The second-order valence-corrected chi connectivity index (χ2v) is 6.55. The summed E-state index contributed by atoms with van der Waals surface area (Å²) in [5.74, 6) is 1.70. The first kappa shape index (κ1) is 18.4. The number of hydrogen-bond donors (Lipinski definition) is 0. The summed E-state index contributed by atoms with van der Waals surface area (Å²) in [6, 6.07) is 6.61. The maximum atomic E-state index is 13.4. The number of aryl methyl sites for hydroxylation is 1. The van der Waals surface area contributed by atoms with E-state index in [0.29, 0.717) is 18.2 Å². The molecule has 0 fully saturated rings. The van der Waals surface area contributed by atoms with Gasteiger partial charge in [0.15, 0.2) is 11.0 Å². The standard InChI is InChI=1S/C18H22FN5OS/c1-4-23-11-15(17(22-23)25-6-3)16-20-21-18(24(16)5-2)26-12-13-8-7-9-14(19)10-13/h7-11H,4-6,12H2,1-3H3. The fraction of sp³-hybridized carbons (Fsp3) is 0.389. The zero-order valence-electron chi connectivity index (χ0n) is 15.1. The Kier molecular flexibility index (Phi) is 5.92. The number of aromatic nitrogens is 5. The van der Waals surface area contributed by atoms with Crippen LogP contribution in [0.5, 0.6) is 5.88 Å². The molecule has 0 saturated carbocycles. The summed E-state index contributed by atoms with van der Waals surface area (Å²) in [5.41, 5.74) is 1.75. The van der Waals surface area contributed by atoms with Crippen LogP contribution in [-0.4, -0.2) is 31.2 Å². The first-order valence-electron chi connectivity index (χ1n) is 8.67. The molecule has 0 saturated heterocycles. The number of thioether (sulfide) groups is 1. The third-order valence-electron chi connectivity index (χ3n) is 3.86. The van der Waals surface area contributed by atoms with Crippen LogP contribution in [0.1, 0.15) is 26.3 Å². The van der Waals surface area contributed by atoms with Crippen LogP contribution in [0.15, 0.2) is 35.6 Å². The molecule has 0 aliphatic rings. The lowest BCUT2D eigenvalue weighted by atomic mass is 10.2. The highest BCUT2D eigenvalue weighted by Gasteiger charge is 2.20. The van der Waals surface area contributed by atoms with Crippen LogP contribution in [-0.2, 0) is 18.8 Å². The molecule has 0 N–H and O–H groups in total. The van der Waals surface area contributed by atoms with Gasteiger partial charge in [0, 0.05) is 25.0 Å². The SMILES string of the molecule is CCOc1nn(CC)cc1-c1nnc(SCc2cccc(F)c2)n1CC. The molecule has 0 radical (unpaired) electrons. The van der Waals surface area contributed by atoms with Gasteiger partial charge in [0.25, 0.3) is 0 Å². The molecule has 3 aromatic rings. The molecule has 3 rings (SSSR count). The Morgan fingerprint density at radius 1 is 1.15 bits per heavy atom. The highest BCUT2D eigenvalue weighted by atomic mass is 32.2. The number of ether oxygens (including phenoxy) is 1. The number of hydrogen-bond acceptors (Lipinski definition) is 5. The summed E-state index contributed by atoms with van der Waals surface area (Å²) in [6.07, 6.45) is 1.93. The predicted octanol–water partition coefficient (Wildman–Crippen LogP) is 4.01. The molecule has 26 heavy (non-hydrogen) atoms. The number of halogens is 1. The van der Waals surface area contributed by atoms with Gasteiger partial charge in [0.2, 0.25) is 5.88 Å². The summed E-state index contributed by atoms with van der Waals surface area (Å²) < 4.78 is 22.9. The van der Waals surface area contributed by atoms with E-state index in [0.717, 1.165) is 35.2 Å². The van der Waals surface area contributed by atoms with Gasteiger partial charge in [-0.05, 0) is 38.5 Å². The first-order chi connectivity index (χ1) is 12.7. The number of benzene rings is 1. The van der Waals surface area contributed by atoms with Crippen LogP contribution in [0.3, 0.4) is 0 Å². The smallest absolute Gasteiger partial charge is 0.243 e. The Balaban J connectivity index is 1.87. The van der Waals surface area contributed by atoms with Gasteiger partial charge in [-0.2, -0.15) is 0 Å². The molecule has 0 spiro atoms. The summed E-state index contributed by atoms with van der Waals surface area (Å²) in [6.45, 7) is 8.01. The molecular formula is C18H22FN5OS. The van der Waals surface area contributed by atoms with Crippen molar-refractivity contribution in [2.45, 2.75) is 44.8 Å². The molecule has 0 aliphatic carbocycles. The molecule has 0 unspecified atom stereocenters. The summed E-state index contributed by atoms with van der Waals surface area (Å²) in [4.78, 5) is 0. The van der Waals surface area contributed by atoms with Crippen molar-refractivity contribution < 1.29 is 9.13 Å². The molecule has 6 nitrogen and oxygen atoms in total. The van der Waals surface area contributed by atoms with Gasteiger partial charge in [0.05, 0.1) is 6.61 Å². The van der Waals surface area contributed by atoms with Crippen LogP contribution < -0.4 is 4.74 Å². The predicted molar refractivity (Wildman–Crippen MR) is 99.7 cm³/mol. The maximum Gasteiger partial charge on any atom is 0.243 e. The van der Waals surface area contributed by atoms with Gasteiger partial charge in [-0.25, -0.2) is 4.39 Å². The minimum absolute atomic E-state index is 0.228. The molecule has 0 atom stereocenters. The van der Waals surface area contributed by atoms with Gasteiger partial charge in [-0.1, -0.05) is 23.9 Å². The van der Waals surface area contributed by atoms with Crippen LogP contribution in [0, 0.1) is 5.82 Å². The molecule has 2 heterocycles. The molecule has 138 valence electrons. The van der Waals surface area contributed by atoms with E-state index in [1.165, 1.54) is 17.8 Å². The third-order valence-corrected chi connectivity index (χ3v) is 4.90. The van der Waals surface area contributed by atoms with Crippen molar-refractivity contribution in [3.05, 3.63) is 41.8 Å². The lowest BCUT2D eigenvalue weighted by Gasteiger charge is -2.07. The van der Waals surface area contributed by atoms with E-state index in [-0.39, 0.29) is 5.82 Å². The van der Waals surface area contributed by atoms with Gasteiger partial charge in [0.1, 0.15) is 11.4 Å². The van der Waals surface area contributed by atoms with Crippen LogP contribution >= 0.6 is 11.8 Å². The van der Waals surface area contributed by atoms with E-state index in [2.05, 4.69) is 15.3 Å². The fourth-order valence-corrected chi connectivity index (χ4v) is 3.56. The number of nitrogens with zero attached hydrogens (tertiary/aromatic N) is 5. The topological polar surface area (TPSA) is 57.8 Å². The first-order valence-corrected chi connectivity index (χ1v) is 9.65. The largest absolute Gasteiger partial charge is 0.476 e. The van der Waals surface area contributed by atoms with E-state index < -0.39 is 0 Å². The van der Waals surface area contributed by atoms with Crippen molar-refractivity contribution in [3.63, 3.8) is 0 Å².